The molecular formula is C21H21N3O3S. The average Bonchev–Trinajstić information content (AvgIpc) is 2.73. The number of hydrogen-bond donors (Lipinski definition) is 2. The third kappa shape index (κ3) is 5.48. The summed E-state index contributed by atoms with van der Waals surface area (Å²) in [4.78, 5) is 26.6. The summed E-state index contributed by atoms with van der Waals surface area (Å²) in [6.45, 7) is 2.17. The molecule has 2 amide bonds. The number of hydrogen-bond acceptors (Lipinski definition) is 4. The van der Waals surface area contributed by atoms with Crippen molar-refractivity contribution in [2.45, 2.75) is 0 Å². The van der Waals surface area contributed by atoms with Crippen LogP contribution in [-0.4, -0.2) is 48.1 Å². The minimum atomic E-state index is -0.349. The first-order valence-corrected chi connectivity index (χ1v) is 9.35. The molecule has 0 radical (unpaired) electrons. The van der Waals surface area contributed by atoms with Crippen LogP contribution in [0.4, 0.5) is 5.69 Å². The Morgan fingerprint density at radius 2 is 1.68 bits per heavy atom. The topological polar surface area (TPSA) is 70.7 Å². The van der Waals surface area contributed by atoms with Gasteiger partial charge in [0.1, 0.15) is 0 Å². The van der Waals surface area contributed by atoms with Crippen molar-refractivity contribution in [1.82, 2.24) is 10.2 Å². The number of rotatable bonds is 4. The highest BCUT2D eigenvalue weighted by atomic mass is 32.1. The van der Waals surface area contributed by atoms with E-state index in [-0.39, 0.29) is 16.9 Å². The van der Waals surface area contributed by atoms with Gasteiger partial charge in [0.2, 0.25) is 5.91 Å². The summed E-state index contributed by atoms with van der Waals surface area (Å²) in [5.41, 5.74) is 1.97. The van der Waals surface area contributed by atoms with Gasteiger partial charge in [-0.15, -0.1) is 0 Å². The third-order valence-electron chi connectivity index (χ3n) is 4.17. The Balaban J connectivity index is 1.61. The monoisotopic (exact) mass is 395 g/mol. The normalized spacial score (nSPS) is 13.9. The van der Waals surface area contributed by atoms with Gasteiger partial charge < -0.3 is 15.0 Å². The Morgan fingerprint density at radius 3 is 2.43 bits per heavy atom. The Hall–Kier alpha value is -3.03. The first kappa shape index (κ1) is 19.7. The van der Waals surface area contributed by atoms with Crippen molar-refractivity contribution >= 4 is 40.9 Å². The number of amides is 2. The molecule has 7 heteroatoms. The van der Waals surface area contributed by atoms with Crippen LogP contribution in [0.25, 0.3) is 6.08 Å². The summed E-state index contributed by atoms with van der Waals surface area (Å²) >= 11 is 5.22. The fraction of sp³-hybridized carbons (Fsp3) is 0.190. The van der Waals surface area contributed by atoms with Gasteiger partial charge in [0.05, 0.1) is 24.5 Å². The zero-order valence-corrected chi connectivity index (χ0v) is 16.1. The van der Waals surface area contributed by atoms with Crippen molar-refractivity contribution < 1.29 is 14.3 Å². The van der Waals surface area contributed by atoms with Crippen molar-refractivity contribution in [1.29, 1.82) is 0 Å². The number of ether oxygens (including phenoxy) is 1. The van der Waals surface area contributed by atoms with Crippen molar-refractivity contribution in [2.75, 3.05) is 31.6 Å². The van der Waals surface area contributed by atoms with Gasteiger partial charge in [0, 0.05) is 19.2 Å². The quantitative estimate of drug-likeness (QED) is 0.615. The number of para-hydroxylation sites is 1. The molecule has 2 N–H and O–H groups in total. The molecular weight excluding hydrogens is 374 g/mol. The number of anilines is 1. The summed E-state index contributed by atoms with van der Waals surface area (Å²) in [5, 5.41) is 5.67. The summed E-state index contributed by atoms with van der Waals surface area (Å²) in [6, 6.07) is 16.6. The Bertz CT molecular complexity index is 877. The predicted octanol–water partition coefficient (Wildman–Crippen LogP) is 2.69. The number of benzene rings is 2. The van der Waals surface area contributed by atoms with Gasteiger partial charge in [-0.1, -0.05) is 42.5 Å². The van der Waals surface area contributed by atoms with Crippen LogP contribution >= 0.6 is 12.2 Å². The Morgan fingerprint density at radius 1 is 1.00 bits per heavy atom. The minimum absolute atomic E-state index is 0.0931. The molecule has 1 aliphatic heterocycles. The fourth-order valence-corrected chi connectivity index (χ4v) is 2.97. The van der Waals surface area contributed by atoms with Crippen LogP contribution in [0.2, 0.25) is 0 Å². The lowest BCUT2D eigenvalue weighted by Gasteiger charge is -2.27. The highest BCUT2D eigenvalue weighted by molar-refractivity contribution is 7.80. The first-order chi connectivity index (χ1) is 13.6. The van der Waals surface area contributed by atoms with Crippen molar-refractivity contribution in [3.05, 3.63) is 71.8 Å². The van der Waals surface area contributed by atoms with E-state index >= 15 is 0 Å². The second-order valence-electron chi connectivity index (χ2n) is 6.14. The molecule has 2 aromatic carbocycles. The molecule has 6 nitrogen and oxygen atoms in total. The Labute approximate surface area is 169 Å². The van der Waals surface area contributed by atoms with E-state index in [1.54, 1.807) is 35.2 Å². The fourth-order valence-electron chi connectivity index (χ4n) is 2.76. The molecule has 28 heavy (non-hydrogen) atoms. The predicted molar refractivity (Wildman–Crippen MR) is 113 cm³/mol. The summed E-state index contributed by atoms with van der Waals surface area (Å²) < 4.78 is 5.29. The van der Waals surface area contributed by atoms with E-state index in [2.05, 4.69) is 10.6 Å². The number of carbonyl (C=O) groups excluding carboxylic acids is 2. The summed E-state index contributed by atoms with van der Waals surface area (Å²) in [7, 11) is 0. The van der Waals surface area contributed by atoms with E-state index in [0.29, 0.717) is 37.6 Å². The third-order valence-corrected chi connectivity index (χ3v) is 4.37. The maximum Gasteiger partial charge on any atom is 0.256 e. The summed E-state index contributed by atoms with van der Waals surface area (Å²) in [6.07, 6.45) is 3.11. The molecule has 1 saturated heterocycles. The largest absolute Gasteiger partial charge is 0.378 e. The minimum Gasteiger partial charge on any atom is -0.378 e. The maximum absolute atomic E-state index is 12.8. The number of thiocarbonyl (C=S) groups is 1. The number of nitrogens with one attached hydrogen (secondary N) is 2. The van der Waals surface area contributed by atoms with Crippen molar-refractivity contribution in [3.8, 4) is 0 Å². The van der Waals surface area contributed by atoms with Crippen molar-refractivity contribution in [3.63, 3.8) is 0 Å². The van der Waals surface area contributed by atoms with Gasteiger partial charge in [0.25, 0.3) is 5.91 Å². The van der Waals surface area contributed by atoms with Crippen LogP contribution in [0.5, 0.6) is 0 Å². The zero-order valence-electron chi connectivity index (χ0n) is 15.3. The number of nitrogens with zero attached hydrogens (tertiary/aromatic N) is 1. The smallest absolute Gasteiger partial charge is 0.256 e. The van der Waals surface area contributed by atoms with Crippen LogP contribution in [-0.2, 0) is 9.53 Å². The molecule has 0 unspecified atom stereocenters. The molecule has 0 spiro atoms. The lowest BCUT2D eigenvalue weighted by Crippen LogP contribution is -2.41. The molecule has 0 atom stereocenters. The lowest BCUT2D eigenvalue weighted by atomic mass is 10.1. The van der Waals surface area contributed by atoms with E-state index in [1.807, 2.05) is 30.3 Å². The molecule has 0 bridgehead atoms. The van der Waals surface area contributed by atoms with Gasteiger partial charge in [0.15, 0.2) is 5.11 Å². The van der Waals surface area contributed by atoms with Crippen LogP contribution in [0.1, 0.15) is 15.9 Å². The molecule has 0 aromatic heterocycles. The molecule has 0 saturated carbocycles. The molecule has 1 heterocycles. The maximum atomic E-state index is 12.8. The lowest BCUT2D eigenvalue weighted by molar-refractivity contribution is -0.115. The highest BCUT2D eigenvalue weighted by Crippen LogP contribution is 2.18. The zero-order chi connectivity index (χ0) is 19.8. The van der Waals surface area contributed by atoms with E-state index in [1.165, 1.54) is 6.08 Å². The molecule has 0 aliphatic carbocycles. The second-order valence-corrected chi connectivity index (χ2v) is 6.55. The van der Waals surface area contributed by atoms with E-state index in [4.69, 9.17) is 17.0 Å². The van der Waals surface area contributed by atoms with Crippen LogP contribution in [0, 0.1) is 0 Å². The van der Waals surface area contributed by atoms with Crippen LogP contribution in [0.15, 0.2) is 60.7 Å². The van der Waals surface area contributed by atoms with Gasteiger partial charge in [-0.3, -0.25) is 14.9 Å². The molecule has 1 aliphatic rings. The standard InChI is InChI=1S/C21H21N3O3S/c25-19(11-10-16-6-2-1-3-7-16)23-21(28)22-18-9-5-4-8-17(18)20(26)24-12-14-27-15-13-24/h1-11H,12-15H2,(H2,22,23,25,28). The van der Waals surface area contributed by atoms with Crippen LogP contribution < -0.4 is 10.6 Å². The van der Waals surface area contributed by atoms with Gasteiger partial charge in [-0.05, 0) is 36.0 Å². The van der Waals surface area contributed by atoms with E-state index in [9.17, 15) is 9.59 Å². The van der Waals surface area contributed by atoms with E-state index < -0.39 is 0 Å². The van der Waals surface area contributed by atoms with Crippen LogP contribution in [0.3, 0.4) is 0 Å². The highest BCUT2D eigenvalue weighted by Gasteiger charge is 2.21. The SMILES string of the molecule is O=C(C=Cc1ccccc1)NC(=S)Nc1ccccc1C(=O)N1CCOCC1. The van der Waals surface area contributed by atoms with Gasteiger partial charge >= 0.3 is 0 Å². The molecule has 3 rings (SSSR count). The molecule has 2 aromatic rings. The Kier molecular flexibility index (Phi) is 6.89. The average molecular weight is 395 g/mol. The first-order valence-electron chi connectivity index (χ1n) is 8.94. The second kappa shape index (κ2) is 9.77. The molecule has 144 valence electrons. The number of carbonyl (C=O) groups is 2. The van der Waals surface area contributed by atoms with E-state index in [0.717, 1.165) is 5.56 Å². The number of morpholine rings is 1. The van der Waals surface area contributed by atoms with Gasteiger partial charge in [-0.25, -0.2) is 0 Å². The summed E-state index contributed by atoms with van der Waals surface area (Å²) in [5.74, 6) is -0.442. The van der Waals surface area contributed by atoms with Crippen molar-refractivity contribution in [2.24, 2.45) is 0 Å². The molecule has 1 fully saturated rings. The van der Waals surface area contributed by atoms with Gasteiger partial charge in [-0.2, -0.15) is 0 Å².